The minimum atomic E-state index is -0.183. The molecule has 1 fully saturated rings. The molecule has 0 spiro atoms. The van der Waals surface area contributed by atoms with Crippen molar-refractivity contribution in [2.45, 2.75) is 19.8 Å². The number of piperidine rings is 1. The van der Waals surface area contributed by atoms with Crippen molar-refractivity contribution in [1.29, 1.82) is 0 Å². The number of hydrogen-bond donors (Lipinski definition) is 0. The number of carbonyl (C=O) groups is 2. The van der Waals surface area contributed by atoms with E-state index < -0.39 is 0 Å². The second-order valence-electron chi connectivity index (χ2n) is 7.64. The zero-order chi connectivity index (χ0) is 19.0. The van der Waals surface area contributed by atoms with Gasteiger partial charge >= 0.3 is 0 Å². The number of fused-ring (bicyclic) bond motifs is 1. The van der Waals surface area contributed by atoms with Crippen molar-refractivity contribution in [3.05, 3.63) is 71.1 Å². The Balaban J connectivity index is 1.47. The molecule has 0 aromatic heterocycles. The third kappa shape index (κ3) is 2.97. The molecule has 2 aliphatic heterocycles. The molecule has 5 heteroatoms. The molecule has 0 saturated carbocycles. The highest BCUT2D eigenvalue weighted by atomic mass is 16.2. The largest absolute Gasteiger partial charge is 0.380 e. The predicted molar refractivity (Wildman–Crippen MR) is 104 cm³/mol. The highest BCUT2D eigenvalue weighted by molar-refractivity contribution is 6.21. The van der Waals surface area contributed by atoms with Gasteiger partial charge in [0.2, 0.25) is 5.69 Å². The van der Waals surface area contributed by atoms with Gasteiger partial charge in [0.15, 0.2) is 0 Å². The fourth-order valence-electron chi connectivity index (χ4n) is 4.04. The number of anilines is 1. The van der Waals surface area contributed by atoms with Gasteiger partial charge in [-0.3, -0.25) is 14.5 Å². The number of benzene rings is 2. The summed E-state index contributed by atoms with van der Waals surface area (Å²) < 4.78 is 0. The second-order valence-corrected chi connectivity index (χ2v) is 7.64. The zero-order valence-electron chi connectivity index (χ0n) is 15.3. The van der Waals surface area contributed by atoms with Crippen molar-refractivity contribution < 1.29 is 9.59 Å². The fraction of sp³-hybridized carbons (Fsp3) is 0.318. The molecule has 4 rings (SSSR count). The molecule has 27 heavy (non-hydrogen) atoms. The van der Waals surface area contributed by atoms with Crippen molar-refractivity contribution in [1.82, 2.24) is 4.90 Å². The average molecular weight is 359 g/mol. The fourth-order valence-corrected chi connectivity index (χ4v) is 4.04. The van der Waals surface area contributed by atoms with Crippen LogP contribution in [0.3, 0.4) is 0 Å². The van der Waals surface area contributed by atoms with Crippen LogP contribution in [0, 0.1) is 12.0 Å². The van der Waals surface area contributed by atoms with Crippen LogP contribution in [-0.2, 0) is 0 Å². The van der Waals surface area contributed by atoms with Gasteiger partial charge in [-0.15, -0.1) is 0 Å². The Morgan fingerprint density at radius 1 is 0.963 bits per heavy atom. The van der Waals surface area contributed by atoms with E-state index in [1.54, 1.807) is 24.3 Å². The molecule has 136 valence electrons. The van der Waals surface area contributed by atoms with Crippen LogP contribution in [0.25, 0.3) is 4.85 Å². The van der Waals surface area contributed by atoms with Crippen LogP contribution in [-0.4, -0.2) is 36.3 Å². The predicted octanol–water partition coefficient (Wildman–Crippen LogP) is 4.14. The maximum atomic E-state index is 12.7. The lowest BCUT2D eigenvalue weighted by atomic mass is 9.79. The van der Waals surface area contributed by atoms with Crippen LogP contribution >= 0.6 is 0 Å². The first kappa shape index (κ1) is 17.3. The van der Waals surface area contributed by atoms with Crippen LogP contribution in [0.5, 0.6) is 0 Å². The third-order valence-corrected chi connectivity index (χ3v) is 5.73. The molecule has 1 saturated heterocycles. The normalized spacial score (nSPS) is 18.4. The summed E-state index contributed by atoms with van der Waals surface area (Å²) in [7, 11) is 0. The third-order valence-electron chi connectivity index (χ3n) is 5.73. The van der Waals surface area contributed by atoms with Crippen molar-refractivity contribution in [3.8, 4) is 0 Å². The average Bonchev–Trinajstić information content (AvgIpc) is 2.93. The summed E-state index contributed by atoms with van der Waals surface area (Å²) in [6.45, 7) is 11.6. The lowest BCUT2D eigenvalue weighted by molar-refractivity contribution is 0.0555. The van der Waals surface area contributed by atoms with E-state index in [0.717, 1.165) is 31.6 Å². The van der Waals surface area contributed by atoms with E-state index in [-0.39, 0.29) is 17.2 Å². The molecule has 0 bridgehead atoms. The quantitative estimate of drug-likeness (QED) is 0.611. The molecule has 2 heterocycles. The van der Waals surface area contributed by atoms with E-state index in [1.807, 2.05) is 24.3 Å². The smallest absolute Gasteiger partial charge is 0.261 e. The van der Waals surface area contributed by atoms with E-state index in [1.165, 1.54) is 4.90 Å². The molecule has 2 aromatic carbocycles. The van der Waals surface area contributed by atoms with Crippen LogP contribution in [0.2, 0.25) is 0 Å². The molecule has 2 aromatic rings. The number of para-hydroxylation sites is 2. The SMILES string of the molecule is [C-]#[N+]c1ccccc1N1CCC(C)(CN2C(=O)c3ccccc3C2=O)CC1. The molecular weight excluding hydrogens is 338 g/mol. The first-order chi connectivity index (χ1) is 13.0. The standard InChI is InChI=1S/C22H21N3O2/c1-22(15-25-20(26)16-7-3-4-8-17(16)21(25)27)11-13-24(14-12-22)19-10-6-5-9-18(19)23-2/h3-10H,11-15H2,1H3. The van der Waals surface area contributed by atoms with Gasteiger partial charge < -0.3 is 4.90 Å². The summed E-state index contributed by atoms with van der Waals surface area (Å²) in [5, 5.41) is 0. The molecular formula is C22H21N3O2. The van der Waals surface area contributed by atoms with Crippen molar-refractivity contribution >= 4 is 23.2 Å². The van der Waals surface area contributed by atoms with Crippen molar-refractivity contribution in [3.63, 3.8) is 0 Å². The molecule has 2 aliphatic rings. The number of hydrogen-bond acceptors (Lipinski definition) is 3. The van der Waals surface area contributed by atoms with E-state index >= 15 is 0 Å². The van der Waals surface area contributed by atoms with E-state index in [0.29, 0.717) is 23.4 Å². The van der Waals surface area contributed by atoms with Crippen molar-refractivity contribution in [2.24, 2.45) is 5.41 Å². The number of nitrogens with zero attached hydrogens (tertiary/aromatic N) is 3. The second kappa shape index (κ2) is 6.55. The molecule has 2 amide bonds. The van der Waals surface area contributed by atoms with Crippen LogP contribution < -0.4 is 4.90 Å². The summed E-state index contributed by atoms with van der Waals surface area (Å²) >= 11 is 0. The Morgan fingerprint density at radius 3 is 2.11 bits per heavy atom. The Kier molecular flexibility index (Phi) is 4.19. The minimum absolute atomic E-state index is 0.114. The number of amides is 2. The lowest BCUT2D eigenvalue weighted by Crippen LogP contribution is -2.46. The van der Waals surface area contributed by atoms with E-state index in [2.05, 4.69) is 16.7 Å². The van der Waals surface area contributed by atoms with Gasteiger partial charge in [-0.2, -0.15) is 0 Å². The van der Waals surface area contributed by atoms with Gasteiger partial charge in [0.1, 0.15) is 0 Å². The summed E-state index contributed by atoms with van der Waals surface area (Å²) in [5.41, 5.74) is 2.54. The van der Waals surface area contributed by atoms with Crippen LogP contribution in [0.4, 0.5) is 11.4 Å². The molecule has 0 unspecified atom stereocenters. The van der Waals surface area contributed by atoms with Gasteiger partial charge in [-0.25, -0.2) is 4.85 Å². The molecule has 5 nitrogen and oxygen atoms in total. The zero-order valence-corrected chi connectivity index (χ0v) is 15.3. The van der Waals surface area contributed by atoms with Gasteiger partial charge in [-0.05, 0) is 36.5 Å². The molecule has 0 radical (unpaired) electrons. The topological polar surface area (TPSA) is 45.0 Å². The van der Waals surface area contributed by atoms with Gasteiger partial charge in [-0.1, -0.05) is 37.3 Å². The lowest BCUT2D eigenvalue weighted by Gasteiger charge is -2.42. The molecule has 0 atom stereocenters. The maximum Gasteiger partial charge on any atom is 0.261 e. The Bertz CT molecular complexity index is 917. The summed E-state index contributed by atoms with van der Waals surface area (Å²) in [6, 6.07) is 14.7. The van der Waals surface area contributed by atoms with Crippen LogP contribution in [0.15, 0.2) is 48.5 Å². The van der Waals surface area contributed by atoms with Crippen LogP contribution in [0.1, 0.15) is 40.5 Å². The highest BCUT2D eigenvalue weighted by Crippen LogP contribution is 2.38. The van der Waals surface area contributed by atoms with Gasteiger partial charge in [0, 0.05) is 25.3 Å². The Morgan fingerprint density at radius 2 is 1.52 bits per heavy atom. The van der Waals surface area contributed by atoms with E-state index in [4.69, 9.17) is 6.57 Å². The Labute approximate surface area is 159 Å². The Hall–Kier alpha value is -3.13. The first-order valence-corrected chi connectivity index (χ1v) is 9.19. The highest BCUT2D eigenvalue weighted by Gasteiger charge is 2.41. The van der Waals surface area contributed by atoms with Crippen molar-refractivity contribution in [2.75, 3.05) is 24.5 Å². The number of imide groups is 1. The molecule has 0 N–H and O–H groups in total. The van der Waals surface area contributed by atoms with Gasteiger partial charge in [0.05, 0.1) is 17.7 Å². The summed E-state index contributed by atoms with van der Waals surface area (Å²) in [6.07, 6.45) is 1.74. The monoisotopic (exact) mass is 359 g/mol. The van der Waals surface area contributed by atoms with Gasteiger partial charge in [0.25, 0.3) is 11.8 Å². The van der Waals surface area contributed by atoms with E-state index in [9.17, 15) is 9.59 Å². The first-order valence-electron chi connectivity index (χ1n) is 9.19. The minimum Gasteiger partial charge on any atom is -0.380 e. The maximum absolute atomic E-state index is 12.7. The summed E-state index contributed by atoms with van der Waals surface area (Å²) in [4.78, 5) is 32.6. The molecule has 0 aliphatic carbocycles. The number of rotatable bonds is 3. The number of carbonyl (C=O) groups excluding carboxylic acids is 2. The summed E-state index contributed by atoms with van der Waals surface area (Å²) in [5.74, 6) is -0.366.